The van der Waals surface area contributed by atoms with Crippen LogP contribution in [0.5, 0.6) is 5.75 Å². The topological polar surface area (TPSA) is 75.6 Å². The number of aliphatic hydroxyl groups excluding tert-OH is 1. The van der Waals surface area contributed by atoms with E-state index in [1.807, 2.05) is 6.92 Å². The number of nitrogens with one attached hydrogen (secondary N) is 1. The van der Waals surface area contributed by atoms with Crippen LogP contribution >= 0.6 is 0 Å². The molecule has 0 saturated carbocycles. The molecule has 2 N–H and O–H groups in total. The molecule has 108 valence electrons. The van der Waals surface area contributed by atoms with Gasteiger partial charge in [-0.3, -0.25) is 0 Å². The second-order valence-corrected chi connectivity index (χ2v) is 6.15. The van der Waals surface area contributed by atoms with Crippen molar-refractivity contribution in [2.45, 2.75) is 38.1 Å². The molecule has 0 unspecified atom stereocenters. The molecule has 0 aromatic heterocycles. The Morgan fingerprint density at radius 2 is 1.84 bits per heavy atom. The standard InChI is InChI=1S/C13H21NO4S/c1-5-11(8-15)14-19(16,17)13-9(2)6-12(18-4)7-10(13)3/h6-7,11,14-15H,5,8H2,1-4H3/t11-/m0/s1. The van der Waals surface area contributed by atoms with Crippen LogP contribution < -0.4 is 9.46 Å². The van der Waals surface area contributed by atoms with E-state index in [1.54, 1.807) is 33.1 Å². The molecule has 0 spiro atoms. The molecule has 19 heavy (non-hydrogen) atoms. The highest BCUT2D eigenvalue weighted by Gasteiger charge is 2.23. The molecule has 0 fully saturated rings. The average Bonchev–Trinajstić information content (AvgIpc) is 2.34. The Balaban J connectivity index is 3.22. The van der Waals surface area contributed by atoms with E-state index in [4.69, 9.17) is 9.84 Å². The van der Waals surface area contributed by atoms with Crippen LogP contribution in [0.3, 0.4) is 0 Å². The molecule has 0 heterocycles. The van der Waals surface area contributed by atoms with Gasteiger partial charge < -0.3 is 9.84 Å². The van der Waals surface area contributed by atoms with Crippen molar-refractivity contribution in [1.29, 1.82) is 0 Å². The van der Waals surface area contributed by atoms with Gasteiger partial charge >= 0.3 is 0 Å². The first kappa shape index (κ1) is 15.9. The van der Waals surface area contributed by atoms with Gasteiger partial charge in [-0.1, -0.05) is 6.92 Å². The molecule has 1 aromatic carbocycles. The second kappa shape index (κ2) is 6.36. The van der Waals surface area contributed by atoms with Gasteiger partial charge in [0, 0.05) is 6.04 Å². The quantitative estimate of drug-likeness (QED) is 0.828. The summed E-state index contributed by atoms with van der Waals surface area (Å²) in [5.41, 5.74) is 1.24. The van der Waals surface area contributed by atoms with Gasteiger partial charge in [0.05, 0.1) is 18.6 Å². The highest BCUT2D eigenvalue weighted by atomic mass is 32.2. The maximum Gasteiger partial charge on any atom is 0.241 e. The third-order valence-corrected chi connectivity index (χ3v) is 4.80. The Kier molecular flexibility index (Phi) is 5.34. The Morgan fingerprint density at radius 3 is 2.21 bits per heavy atom. The fourth-order valence-electron chi connectivity index (χ4n) is 1.98. The summed E-state index contributed by atoms with van der Waals surface area (Å²) in [5.74, 6) is 0.628. The summed E-state index contributed by atoms with van der Waals surface area (Å²) in [6.45, 7) is 5.05. The molecule has 1 rings (SSSR count). The Bertz CT molecular complexity index is 513. The zero-order valence-electron chi connectivity index (χ0n) is 11.7. The zero-order chi connectivity index (χ0) is 14.6. The number of aliphatic hydroxyl groups is 1. The lowest BCUT2D eigenvalue weighted by Gasteiger charge is -2.17. The summed E-state index contributed by atoms with van der Waals surface area (Å²) >= 11 is 0. The van der Waals surface area contributed by atoms with E-state index in [9.17, 15) is 8.42 Å². The number of ether oxygens (including phenoxy) is 1. The fraction of sp³-hybridized carbons (Fsp3) is 0.538. The van der Waals surface area contributed by atoms with Crippen LogP contribution in [-0.2, 0) is 10.0 Å². The van der Waals surface area contributed by atoms with Gasteiger partial charge in [0.1, 0.15) is 5.75 Å². The van der Waals surface area contributed by atoms with Crippen LogP contribution in [0.1, 0.15) is 24.5 Å². The Morgan fingerprint density at radius 1 is 1.32 bits per heavy atom. The third-order valence-electron chi connectivity index (χ3n) is 2.97. The molecular formula is C13H21NO4S. The van der Waals surface area contributed by atoms with Crippen molar-refractivity contribution in [3.63, 3.8) is 0 Å². The smallest absolute Gasteiger partial charge is 0.241 e. The molecule has 6 heteroatoms. The van der Waals surface area contributed by atoms with Crippen LogP contribution in [0.2, 0.25) is 0 Å². The fourth-order valence-corrected chi connectivity index (χ4v) is 3.74. The van der Waals surface area contributed by atoms with Gasteiger partial charge in [-0.15, -0.1) is 0 Å². The second-order valence-electron chi connectivity index (χ2n) is 4.50. The average molecular weight is 287 g/mol. The van der Waals surface area contributed by atoms with E-state index in [-0.39, 0.29) is 11.5 Å². The Hall–Kier alpha value is -1.11. The first-order chi connectivity index (χ1) is 8.85. The summed E-state index contributed by atoms with van der Waals surface area (Å²) in [4.78, 5) is 0.250. The van der Waals surface area contributed by atoms with Gasteiger partial charge in [-0.25, -0.2) is 13.1 Å². The third kappa shape index (κ3) is 3.68. The lowest BCUT2D eigenvalue weighted by molar-refractivity contribution is 0.254. The highest BCUT2D eigenvalue weighted by Crippen LogP contribution is 2.25. The van der Waals surface area contributed by atoms with Crippen molar-refractivity contribution in [2.24, 2.45) is 0 Å². The minimum absolute atomic E-state index is 0.218. The van der Waals surface area contributed by atoms with E-state index in [1.165, 1.54) is 0 Å². The Labute approximate surface area is 114 Å². The molecule has 0 aliphatic rings. The monoisotopic (exact) mass is 287 g/mol. The van der Waals surface area contributed by atoms with Crippen molar-refractivity contribution in [3.05, 3.63) is 23.3 Å². The van der Waals surface area contributed by atoms with E-state index < -0.39 is 16.1 Å². The molecular weight excluding hydrogens is 266 g/mol. The van der Waals surface area contributed by atoms with Gasteiger partial charge in [0.15, 0.2) is 0 Å². The van der Waals surface area contributed by atoms with Gasteiger partial charge in [-0.05, 0) is 43.5 Å². The van der Waals surface area contributed by atoms with Crippen LogP contribution in [0, 0.1) is 13.8 Å². The van der Waals surface area contributed by atoms with Gasteiger partial charge in [-0.2, -0.15) is 0 Å². The normalized spacial score (nSPS) is 13.3. The van der Waals surface area contributed by atoms with E-state index in [0.29, 0.717) is 23.3 Å². The minimum atomic E-state index is -3.64. The molecule has 0 saturated heterocycles. The van der Waals surface area contributed by atoms with Gasteiger partial charge in [0.25, 0.3) is 0 Å². The van der Waals surface area contributed by atoms with Crippen molar-refractivity contribution < 1.29 is 18.3 Å². The summed E-state index contributed by atoms with van der Waals surface area (Å²) in [6.07, 6.45) is 0.532. The minimum Gasteiger partial charge on any atom is -0.497 e. The first-order valence-corrected chi connectivity index (χ1v) is 7.62. The molecule has 0 bridgehead atoms. The summed E-state index contributed by atoms with van der Waals surface area (Å²) in [7, 11) is -2.09. The molecule has 0 aliphatic carbocycles. The van der Waals surface area contributed by atoms with Crippen molar-refractivity contribution in [2.75, 3.05) is 13.7 Å². The summed E-state index contributed by atoms with van der Waals surface area (Å²) in [5, 5.41) is 9.11. The van der Waals surface area contributed by atoms with Crippen molar-refractivity contribution >= 4 is 10.0 Å². The largest absolute Gasteiger partial charge is 0.497 e. The molecule has 0 aliphatic heterocycles. The van der Waals surface area contributed by atoms with E-state index in [2.05, 4.69) is 4.72 Å². The molecule has 0 amide bonds. The maximum atomic E-state index is 12.3. The summed E-state index contributed by atoms with van der Waals surface area (Å²) < 4.78 is 32.3. The zero-order valence-corrected chi connectivity index (χ0v) is 12.5. The first-order valence-electron chi connectivity index (χ1n) is 6.14. The van der Waals surface area contributed by atoms with E-state index >= 15 is 0 Å². The van der Waals surface area contributed by atoms with Crippen LogP contribution in [0.25, 0.3) is 0 Å². The van der Waals surface area contributed by atoms with Crippen LogP contribution in [0.15, 0.2) is 17.0 Å². The lowest BCUT2D eigenvalue weighted by Crippen LogP contribution is -2.37. The number of rotatable bonds is 6. The van der Waals surface area contributed by atoms with Gasteiger partial charge in [0.2, 0.25) is 10.0 Å². The number of methoxy groups -OCH3 is 1. The number of aryl methyl sites for hydroxylation is 2. The lowest BCUT2D eigenvalue weighted by atomic mass is 10.1. The van der Waals surface area contributed by atoms with Crippen LogP contribution in [0.4, 0.5) is 0 Å². The number of hydrogen-bond acceptors (Lipinski definition) is 4. The molecule has 0 radical (unpaired) electrons. The SMILES string of the molecule is CC[C@@H](CO)NS(=O)(=O)c1c(C)cc(OC)cc1C. The predicted octanol–water partition coefficient (Wildman–Crippen LogP) is 1.36. The molecule has 1 aromatic rings. The molecule has 5 nitrogen and oxygen atoms in total. The predicted molar refractivity (Wildman–Crippen MR) is 74.0 cm³/mol. The summed E-state index contributed by atoms with van der Waals surface area (Å²) in [6, 6.07) is 2.90. The van der Waals surface area contributed by atoms with Crippen molar-refractivity contribution in [3.8, 4) is 5.75 Å². The number of sulfonamides is 1. The number of benzene rings is 1. The van der Waals surface area contributed by atoms with E-state index in [0.717, 1.165) is 0 Å². The van der Waals surface area contributed by atoms with Crippen LogP contribution in [-0.4, -0.2) is 33.3 Å². The highest BCUT2D eigenvalue weighted by molar-refractivity contribution is 7.89. The molecule has 1 atom stereocenters. The maximum absolute atomic E-state index is 12.3. The number of hydrogen-bond donors (Lipinski definition) is 2. The van der Waals surface area contributed by atoms with Crippen molar-refractivity contribution in [1.82, 2.24) is 4.72 Å².